The molecule has 0 aliphatic carbocycles. The summed E-state index contributed by atoms with van der Waals surface area (Å²) in [6.45, 7) is 4.10. The third kappa shape index (κ3) is 4.20. The molecule has 0 saturated carbocycles. The van der Waals surface area contributed by atoms with Gasteiger partial charge in [0.05, 0.1) is 30.9 Å². The van der Waals surface area contributed by atoms with Gasteiger partial charge in [-0.25, -0.2) is 0 Å². The fourth-order valence-electron chi connectivity index (χ4n) is 3.74. The highest BCUT2D eigenvalue weighted by Gasteiger charge is 2.15. The molecule has 8 heteroatoms. The lowest BCUT2D eigenvalue weighted by atomic mass is 10.1. The lowest BCUT2D eigenvalue weighted by Gasteiger charge is -2.34. The summed E-state index contributed by atoms with van der Waals surface area (Å²) in [5.74, 6) is 0.655. The van der Waals surface area contributed by atoms with Gasteiger partial charge in [-0.3, -0.25) is 14.8 Å². The molecule has 4 rings (SSSR count). The van der Waals surface area contributed by atoms with Crippen LogP contribution in [0.15, 0.2) is 46.2 Å². The van der Waals surface area contributed by atoms with E-state index in [-0.39, 0.29) is 5.88 Å². The Labute approximate surface area is 180 Å². The van der Waals surface area contributed by atoms with Gasteiger partial charge in [-0.2, -0.15) is 0 Å². The average molecular weight is 422 g/mol. The smallest absolute Gasteiger partial charge is 0.258 e. The van der Waals surface area contributed by atoms with Crippen molar-refractivity contribution < 1.29 is 14.6 Å². The van der Waals surface area contributed by atoms with Gasteiger partial charge in [0, 0.05) is 43.5 Å². The molecule has 31 heavy (non-hydrogen) atoms. The third-order valence-electron chi connectivity index (χ3n) is 5.61. The Morgan fingerprint density at radius 3 is 2.23 bits per heavy atom. The van der Waals surface area contributed by atoms with Crippen molar-refractivity contribution in [3.8, 4) is 17.4 Å². The zero-order chi connectivity index (χ0) is 22.0. The predicted molar refractivity (Wildman–Crippen MR) is 123 cm³/mol. The van der Waals surface area contributed by atoms with Crippen molar-refractivity contribution in [2.45, 2.75) is 0 Å². The van der Waals surface area contributed by atoms with Gasteiger partial charge < -0.3 is 24.4 Å². The van der Waals surface area contributed by atoms with Crippen molar-refractivity contribution in [2.24, 2.45) is 4.99 Å². The first kappa shape index (κ1) is 20.7. The highest BCUT2D eigenvalue weighted by Crippen LogP contribution is 2.33. The van der Waals surface area contributed by atoms with Crippen molar-refractivity contribution in [2.75, 3.05) is 52.3 Å². The summed E-state index contributed by atoms with van der Waals surface area (Å²) in [7, 11) is 5.16. The number of methoxy groups -OCH3 is 2. The van der Waals surface area contributed by atoms with E-state index in [1.807, 2.05) is 12.1 Å². The second-order valence-electron chi connectivity index (χ2n) is 7.53. The molecule has 0 unspecified atom stereocenters. The van der Waals surface area contributed by atoms with E-state index in [4.69, 9.17) is 9.47 Å². The molecule has 2 N–H and O–H groups in total. The first-order valence-corrected chi connectivity index (χ1v) is 10.1. The Morgan fingerprint density at radius 1 is 1.00 bits per heavy atom. The van der Waals surface area contributed by atoms with Crippen LogP contribution in [-0.4, -0.2) is 68.7 Å². The van der Waals surface area contributed by atoms with E-state index >= 15 is 0 Å². The molecular formula is C23H26N4O4. The molecule has 0 spiro atoms. The van der Waals surface area contributed by atoms with Crippen molar-refractivity contribution in [1.82, 2.24) is 9.88 Å². The number of H-pyrrole nitrogens is 1. The molecule has 0 amide bonds. The fourth-order valence-corrected chi connectivity index (χ4v) is 3.74. The summed E-state index contributed by atoms with van der Waals surface area (Å²) in [6, 6.07) is 11.3. The first-order valence-electron chi connectivity index (χ1n) is 10.1. The number of fused-ring (bicyclic) bond motifs is 1. The molecule has 162 valence electrons. The van der Waals surface area contributed by atoms with Crippen LogP contribution in [0.3, 0.4) is 0 Å². The molecule has 0 radical (unpaired) electrons. The minimum absolute atomic E-state index is 0.248. The molecule has 2 heterocycles. The van der Waals surface area contributed by atoms with Crippen molar-refractivity contribution in [3.63, 3.8) is 0 Å². The number of aliphatic imine (C=N–C) groups is 1. The number of rotatable bonds is 5. The molecule has 8 nitrogen and oxygen atoms in total. The fraction of sp³-hybridized carbons (Fsp3) is 0.304. The average Bonchev–Trinajstić information content (AvgIpc) is 2.79. The quantitative estimate of drug-likeness (QED) is 0.615. The second-order valence-corrected chi connectivity index (χ2v) is 7.53. The minimum atomic E-state index is -0.415. The number of aromatic hydroxyl groups is 1. The Kier molecular flexibility index (Phi) is 5.81. The maximum atomic E-state index is 12.3. The molecular weight excluding hydrogens is 396 g/mol. The van der Waals surface area contributed by atoms with Crippen LogP contribution in [0.2, 0.25) is 0 Å². The molecule has 1 aromatic heterocycles. The molecule has 0 bridgehead atoms. The molecule has 2 aromatic carbocycles. The highest BCUT2D eigenvalue weighted by molar-refractivity contribution is 6.03. The highest BCUT2D eigenvalue weighted by atomic mass is 16.5. The number of likely N-dealkylation sites (N-methyl/N-ethyl adjacent to an activating group) is 1. The normalized spacial score (nSPS) is 15.0. The Bertz CT molecular complexity index is 1160. The summed E-state index contributed by atoms with van der Waals surface area (Å²) in [5.41, 5.74) is 1.90. The maximum absolute atomic E-state index is 12.3. The van der Waals surface area contributed by atoms with E-state index in [0.29, 0.717) is 27.8 Å². The van der Waals surface area contributed by atoms with E-state index < -0.39 is 5.56 Å². The van der Waals surface area contributed by atoms with Gasteiger partial charge in [-0.15, -0.1) is 0 Å². The number of anilines is 1. The molecule has 1 aliphatic heterocycles. The van der Waals surface area contributed by atoms with E-state index in [2.05, 4.69) is 39.0 Å². The zero-order valence-electron chi connectivity index (χ0n) is 17.9. The summed E-state index contributed by atoms with van der Waals surface area (Å²) in [5, 5.41) is 11.3. The molecule has 1 aliphatic rings. The minimum Gasteiger partial charge on any atom is -0.494 e. The zero-order valence-corrected chi connectivity index (χ0v) is 17.9. The van der Waals surface area contributed by atoms with Crippen molar-refractivity contribution in [1.29, 1.82) is 0 Å². The largest absolute Gasteiger partial charge is 0.494 e. The van der Waals surface area contributed by atoms with Crippen LogP contribution in [-0.2, 0) is 0 Å². The van der Waals surface area contributed by atoms with Crippen LogP contribution < -0.4 is 19.9 Å². The molecule has 3 aromatic rings. The van der Waals surface area contributed by atoms with E-state index in [1.165, 1.54) is 19.9 Å². The number of nitrogens with one attached hydrogen (secondary N) is 1. The predicted octanol–water partition coefficient (Wildman–Crippen LogP) is 2.75. The first-order chi connectivity index (χ1) is 15.0. The number of aromatic nitrogens is 1. The van der Waals surface area contributed by atoms with Gasteiger partial charge in [0.15, 0.2) is 11.5 Å². The summed E-state index contributed by atoms with van der Waals surface area (Å²) < 4.78 is 10.6. The molecule has 1 fully saturated rings. The van der Waals surface area contributed by atoms with Crippen LogP contribution in [0.25, 0.3) is 10.8 Å². The maximum Gasteiger partial charge on any atom is 0.258 e. The number of benzene rings is 2. The van der Waals surface area contributed by atoms with Gasteiger partial charge in [0.1, 0.15) is 0 Å². The van der Waals surface area contributed by atoms with Crippen molar-refractivity contribution in [3.05, 3.63) is 52.3 Å². The number of ether oxygens (including phenoxy) is 2. The van der Waals surface area contributed by atoms with Gasteiger partial charge in [-0.1, -0.05) is 0 Å². The van der Waals surface area contributed by atoms with Crippen LogP contribution in [0.4, 0.5) is 11.4 Å². The van der Waals surface area contributed by atoms with Gasteiger partial charge in [0.25, 0.3) is 5.56 Å². The van der Waals surface area contributed by atoms with Crippen LogP contribution >= 0.6 is 0 Å². The number of piperazine rings is 1. The van der Waals surface area contributed by atoms with Crippen LogP contribution in [0.5, 0.6) is 17.4 Å². The number of nitrogens with zero attached hydrogens (tertiary/aromatic N) is 3. The summed E-state index contributed by atoms with van der Waals surface area (Å²) in [4.78, 5) is 24.0. The monoisotopic (exact) mass is 422 g/mol. The molecule has 0 atom stereocenters. The second kappa shape index (κ2) is 8.69. The van der Waals surface area contributed by atoms with E-state index in [0.717, 1.165) is 31.9 Å². The Hall–Kier alpha value is -3.52. The van der Waals surface area contributed by atoms with Gasteiger partial charge >= 0.3 is 0 Å². The third-order valence-corrected chi connectivity index (χ3v) is 5.61. The number of pyridine rings is 1. The van der Waals surface area contributed by atoms with Crippen molar-refractivity contribution >= 4 is 28.4 Å². The Morgan fingerprint density at radius 2 is 1.61 bits per heavy atom. The molecule has 1 saturated heterocycles. The topological polar surface area (TPSA) is 90.4 Å². The Balaban J connectivity index is 1.65. The SMILES string of the molecule is COc1cc2c(C=Nc3ccc(N4CCN(C)CC4)cc3)c(O)[nH]c(=O)c2cc1OC. The number of hydrogen-bond acceptors (Lipinski definition) is 7. The lowest BCUT2D eigenvalue weighted by molar-refractivity contribution is 0.313. The van der Waals surface area contributed by atoms with Crippen LogP contribution in [0.1, 0.15) is 5.56 Å². The van der Waals surface area contributed by atoms with Gasteiger partial charge in [-0.05, 0) is 43.4 Å². The van der Waals surface area contributed by atoms with E-state index in [1.54, 1.807) is 18.3 Å². The van der Waals surface area contributed by atoms with Crippen LogP contribution in [0, 0.1) is 0 Å². The summed E-state index contributed by atoms with van der Waals surface area (Å²) >= 11 is 0. The number of hydrogen-bond donors (Lipinski definition) is 2. The number of aromatic amines is 1. The standard InChI is InChI=1S/C23H26N4O4/c1-26-8-10-27(11-9-26)16-6-4-15(5-7-16)24-14-19-17-12-20(30-2)21(31-3)13-18(17)22(28)25-23(19)29/h4-7,12-14H,8-11H2,1-3H3,(H2,25,28,29). The van der Waals surface area contributed by atoms with Gasteiger partial charge in [0.2, 0.25) is 5.88 Å². The van der Waals surface area contributed by atoms with E-state index in [9.17, 15) is 9.90 Å². The summed E-state index contributed by atoms with van der Waals surface area (Å²) in [6.07, 6.45) is 1.55. The lowest BCUT2D eigenvalue weighted by Crippen LogP contribution is -2.44.